The molecule has 0 radical (unpaired) electrons. The average molecular weight is 209 g/mol. The number of carbonyl (C=O) groups excluding carboxylic acids is 1. The lowest BCUT2D eigenvalue weighted by molar-refractivity contribution is -0.120. The summed E-state index contributed by atoms with van der Waals surface area (Å²) in [7, 11) is 0. The van der Waals surface area contributed by atoms with Crippen LogP contribution in [0.25, 0.3) is 0 Å². The second-order valence-corrected chi connectivity index (χ2v) is 5.56. The van der Waals surface area contributed by atoms with Gasteiger partial charge < -0.3 is 4.90 Å². The van der Waals surface area contributed by atoms with E-state index in [4.69, 9.17) is 0 Å². The Morgan fingerprint density at radius 2 is 1.93 bits per heavy atom. The third-order valence-corrected chi connectivity index (χ3v) is 4.29. The Kier molecular flexibility index (Phi) is 3.45. The Hall–Kier alpha value is -0.370. The first-order chi connectivity index (χ1) is 7.16. The van der Waals surface area contributed by atoms with Gasteiger partial charge in [0.2, 0.25) is 0 Å². The van der Waals surface area contributed by atoms with Gasteiger partial charge in [-0.2, -0.15) is 0 Å². The minimum absolute atomic E-state index is 0.399. The molecule has 2 fully saturated rings. The third-order valence-electron chi connectivity index (χ3n) is 4.29. The summed E-state index contributed by atoms with van der Waals surface area (Å²) in [6.07, 6.45) is 4.24. The maximum Gasteiger partial charge on any atom is 0.136 e. The van der Waals surface area contributed by atoms with Gasteiger partial charge >= 0.3 is 0 Å². The van der Waals surface area contributed by atoms with Crippen molar-refractivity contribution in [2.45, 2.75) is 39.5 Å². The molecule has 2 heteroatoms. The van der Waals surface area contributed by atoms with Crippen molar-refractivity contribution in [3.05, 3.63) is 0 Å². The van der Waals surface area contributed by atoms with Gasteiger partial charge in [-0.25, -0.2) is 0 Å². The summed E-state index contributed by atoms with van der Waals surface area (Å²) in [6, 6.07) is 0. The van der Waals surface area contributed by atoms with Gasteiger partial charge in [0.25, 0.3) is 0 Å². The molecule has 0 amide bonds. The summed E-state index contributed by atoms with van der Waals surface area (Å²) < 4.78 is 0. The molecule has 0 aromatic heterocycles. The van der Waals surface area contributed by atoms with Gasteiger partial charge in [-0.3, -0.25) is 4.79 Å². The van der Waals surface area contributed by atoms with E-state index >= 15 is 0 Å². The number of hydrogen-bond acceptors (Lipinski definition) is 2. The maximum atomic E-state index is 11.5. The van der Waals surface area contributed by atoms with Crippen LogP contribution < -0.4 is 0 Å². The van der Waals surface area contributed by atoms with Gasteiger partial charge in [0.1, 0.15) is 5.78 Å². The molecular formula is C13H23NO. The molecule has 2 aliphatic rings. The highest BCUT2D eigenvalue weighted by Gasteiger charge is 2.28. The predicted octanol–water partition coefficient (Wildman–Crippen LogP) is 2.33. The quantitative estimate of drug-likeness (QED) is 0.711. The van der Waals surface area contributed by atoms with Crippen LogP contribution in [0.5, 0.6) is 0 Å². The molecule has 15 heavy (non-hydrogen) atoms. The van der Waals surface area contributed by atoms with E-state index < -0.39 is 0 Å². The van der Waals surface area contributed by atoms with Crippen molar-refractivity contribution < 1.29 is 4.79 Å². The molecule has 3 unspecified atom stereocenters. The molecule has 0 bridgehead atoms. The molecule has 2 nitrogen and oxygen atoms in total. The van der Waals surface area contributed by atoms with E-state index in [0.717, 1.165) is 44.1 Å². The van der Waals surface area contributed by atoms with E-state index in [0.29, 0.717) is 11.7 Å². The first kappa shape index (κ1) is 11.1. The van der Waals surface area contributed by atoms with Crippen LogP contribution in [-0.2, 0) is 4.79 Å². The van der Waals surface area contributed by atoms with Crippen molar-refractivity contribution in [1.82, 2.24) is 4.90 Å². The zero-order chi connectivity index (χ0) is 10.8. The number of Topliss-reactive ketones (excluding diaryl/α,β-unsaturated/α-hetero) is 1. The number of carbonyl (C=O) groups is 1. The van der Waals surface area contributed by atoms with Crippen molar-refractivity contribution in [2.75, 3.05) is 19.6 Å². The first-order valence-electron chi connectivity index (χ1n) is 6.42. The number of hydrogen-bond donors (Lipinski definition) is 0. The molecule has 1 heterocycles. The summed E-state index contributed by atoms with van der Waals surface area (Å²) >= 11 is 0. The fourth-order valence-corrected chi connectivity index (χ4v) is 2.96. The Balaban J connectivity index is 1.72. The van der Waals surface area contributed by atoms with Crippen LogP contribution in [0.1, 0.15) is 39.5 Å². The van der Waals surface area contributed by atoms with Gasteiger partial charge in [0, 0.05) is 25.4 Å². The summed E-state index contributed by atoms with van der Waals surface area (Å²) in [4.78, 5) is 14.0. The SMILES string of the molecule is CC1CN(CCC2CCCC2=O)CC1C. The van der Waals surface area contributed by atoms with E-state index in [1.165, 1.54) is 13.1 Å². The van der Waals surface area contributed by atoms with Crippen molar-refractivity contribution >= 4 is 5.78 Å². The van der Waals surface area contributed by atoms with Crippen molar-refractivity contribution in [3.63, 3.8) is 0 Å². The van der Waals surface area contributed by atoms with Gasteiger partial charge in [-0.05, 0) is 37.6 Å². The van der Waals surface area contributed by atoms with Crippen LogP contribution >= 0.6 is 0 Å². The molecule has 0 spiro atoms. The largest absolute Gasteiger partial charge is 0.303 e. The zero-order valence-electron chi connectivity index (χ0n) is 10.0. The van der Waals surface area contributed by atoms with Gasteiger partial charge in [0.15, 0.2) is 0 Å². The summed E-state index contributed by atoms with van der Waals surface area (Å²) in [5, 5.41) is 0. The minimum Gasteiger partial charge on any atom is -0.303 e. The van der Waals surface area contributed by atoms with Crippen LogP contribution in [0, 0.1) is 17.8 Å². The normalized spacial score (nSPS) is 37.7. The summed E-state index contributed by atoms with van der Waals surface area (Å²) in [5.74, 6) is 2.60. The fraction of sp³-hybridized carbons (Fsp3) is 0.923. The number of ketones is 1. The monoisotopic (exact) mass is 209 g/mol. The second kappa shape index (κ2) is 4.65. The van der Waals surface area contributed by atoms with Crippen LogP contribution in [0.3, 0.4) is 0 Å². The van der Waals surface area contributed by atoms with E-state index in [9.17, 15) is 4.79 Å². The molecule has 2 rings (SSSR count). The lowest BCUT2D eigenvalue weighted by Crippen LogP contribution is -2.24. The highest BCUT2D eigenvalue weighted by molar-refractivity contribution is 5.82. The molecule has 3 atom stereocenters. The van der Waals surface area contributed by atoms with Crippen LogP contribution in [0.15, 0.2) is 0 Å². The number of likely N-dealkylation sites (tertiary alicyclic amines) is 1. The fourth-order valence-electron chi connectivity index (χ4n) is 2.96. The van der Waals surface area contributed by atoms with Crippen molar-refractivity contribution in [1.29, 1.82) is 0 Å². The molecule has 86 valence electrons. The third kappa shape index (κ3) is 2.60. The highest BCUT2D eigenvalue weighted by atomic mass is 16.1. The van der Waals surface area contributed by atoms with Gasteiger partial charge in [-0.15, -0.1) is 0 Å². The Morgan fingerprint density at radius 3 is 2.47 bits per heavy atom. The van der Waals surface area contributed by atoms with Crippen LogP contribution in [-0.4, -0.2) is 30.3 Å². The lowest BCUT2D eigenvalue weighted by atomic mass is 10.0. The first-order valence-corrected chi connectivity index (χ1v) is 6.42. The average Bonchev–Trinajstić information content (AvgIpc) is 2.72. The van der Waals surface area contributed by atoms with E-state index in [-0.39, 0.29) is 0 Å². The minimum atomic E-state index is 0.399. The number of nitrogens with zero attached hydrogens (tertiary/aromatic N) is 1. The molecular weight excluding hydrogens is 186 g/mol. The van der Waals surface area contributed by atoms with E-state index in [2.05, 4.69) is 18.7 Å². The molecule has 1 saturated carbocycles. The molecule has 1 saturated heterocycles. The van der Waals surface area contributed by atoms with Crippen molar-refractivity contribution in [2.24, 2.45) is 17.8 Å². The highest BCUT2D eigenvalue weighted by Crippen LogP contribution is 2.27. The standard InChI is InChI=1S/C13H23NO/c1-10-8-14(9-11(10)2)7-6-12-4-3-5-13(12)15/h10-12H,3-9H2,1-2H3. The molecule has 0 N–H and O–H groups in total. The molecule has 0 aromatic carbocycles. The van der Waals surface area contributed by atoms with E-state index in [1.807, 2.05) is 0 Å². The van der Waals surface area contributed by atoms with Crippen LogP contribution in [0.4, 0.5) is 0 Å². The topological polar surface area (TPSA) is 20.3 Å². The zero-order valence-corrected chi connectivity index (χ0v) is 10.0. The van der Waals surface area contributed by atoms with E-state index in [1.54, 1.807) is 0 Å². The Bertz CT molecular complexity index is 229. The molecule has 0 aromatic rings. The molecule has 1 aliphatic carbocycles. The lowest BCUT2D eigenvalue weighted by Gasteiger charge is -2.17. The molecule has 1 aliphatic heterocycles. The smallest absolute Gasteiger partial charge is 0.136 e. The Morgan fingerprint density at radius 1 is 1.27 bits per heavy atom. The predicted molar refractivity (Wildman–Crippen MR) is 61.7 cm³/mol. The van der Waals surface area contributed by atoms with Crippen molar-refractivity contribution in [3.8, 4) is 0 Å². The van der Waals surface area contributed by atoms with Crippen LogP contribution in [0.2, 0.25) is 0 Å². The van der Waals surface area contributed by atoms with Gasteiger partial charge in [0.05, 0.1) is 0 Å². The number of rotatable bonds is 3. The van der Waals surface area contributed by atoms with Gasteiger partial charge in [-0.1, -0.05) is 13.8 Å². The summed E-state index contributed by atoms with van der Waals surface area (Å²) in [5.41, 5.74) is 0. The maximum absolute atomic E-state index is 11.5. The Labute approximate surface area is 93.0 Å². The second-order valence-electron chi connectivity index (χ2n) is 5.56. The summed E-state index contributed by atoms with van der Waals surface area (Å²) in [6.45, 7) is 8.30.